The van der Waals surface area contributed by atoms with Gasteiger partial charge >= 0.3 is 0 Å². The second-order valence-electron chi connectivity index (χ2n) is 4.22. The molecule has 0 spiro atoms. The second-order valence-corrected chi connectivity index (χ2v) is 5.08. The Balaban J connectivity index is 2.13. The van der Waals surface area contributed by atoms with Crippen molar-refractivity contribution in [2.24, 2.45) is 0 Å². The van der Waals surface area contributed by atoms with Gasteiger partial charge in [0.2, 0.25) is 0 Å². The van der Waals surface area contributed by atoms with Crippen LogP contribution in [0.15, 0.2) is 23.6 Å². The van der Waals surface area contributed by atoms with E-state index in [-0.39, 0.29) is 12.2 Å². The average molecular weight is 304 g/mol. The lowest BCUT2D eigenvalue weighted by Crippen LogP contribution is -2.13. The maximum Gasteiger partial charge on any atom is 0.260 e. The van der Waals surface area contributed by atoms with Crippen molar-refractivity contribution in [2.45, 2.75) is 13.3 Å². The number of aryl methyl sites for hydroxylation is 1. The van der Waals surface area contributed by atoms with Gasteiger partial charge in [0.15, 0.2) is 5.13 Å². The lowest BCUT2D eigenvalue weighted by Gasteiger charge is -2.03. The van der Waals surface area contributed by atoms with Crippen molar-refractivity contribution in [2.75, 3.05) is 11.9 Å². The molecule has 108 valence electrons. The first-order valence-electron chi connectivity index (χ1n) is 6.23. The normalized spacial score (nSPS) is 9.86. The third kappa shape index (κ3) is 4.12. The number of anilines is 1. The first-order valence-corrected chi connectivity index (χ1v) is 7.11. The van der Waals surface area contributed by atoms with Gasteiger partial charge in [-0.15, -0.1) is 11.3 Å². The zero-order valence-corrected chi connectivity index (χ0v) is 12.1. The van der Waals surface area contributed by atoms with E-state index in [4.69, 9.17) is 5.11 Å². The number of aromatic nitrogens is 1. The van der Waals surface area contributed by atoms with Crippen LogP contribution in [0, 0.1) is 24.6 Å². The third-order valence-electron chi connectivity index (χ3n) is 2.52. The molecule has 0 saturated carbocycles. The lowest BCUT2D eigenvalue weighted by atomic mass is 10.1. The SMILES string of the molecule is Cc1csc(NC(=O)c2ccc(C#CCCO)cc2F)n1. The Morgan fingerprint density at radius 2 is 2.33 bits per heavy atom. The standard InChI is InChI=1S/C15H13FN2O2S/c1-10-9-21-15(17-10)18-14(20)12-6-5-11(8-13(12)16)4-2-3-7-19/h5-6,8-9,19H,3,7H2,1H3,(H,17,18,20). The van der Waals surface area contributed by atoms with Gasteiger partial charge in [-0.25, -0.2) is 9.37 Å². The fourth-order valence-electron chi connectivity index (χ4n) is 1.57. The van der Waals surface area contributed by atoms with Crippen LogP contribution >= 0.6 is 11.3 Å². The smallest absolute Gasteiger partial charge is 0.260 e. The van der Waals surface area contributed by atoms with E-state index >= 15 is 0 Å². The van der Waals surface area contributed by atoms with Gasteiger partial charge in [0.25, 0.3) is 5.91 Å². The molecule has 2 aromatic rings. The van der Waals surface area contributed by atoms with Gasteiger partial charge in [-0.1, -0.05) is 11.8 Å². The summed E-state index contributed by atoms with van der Waals surface area (Å²) in [6.07, 6.45) is 0.327. The summed E-state index contributed by atoms with van der Waals surface area (Å²) in [6, 6.07) is 4.15. The number of nitrogens with one attached hydrogen (secondary N) is 1. The molecule has 0 atom stereocenters. The Labute approximate surface area is 125 Å². The van der Waals surface area contributed by atoms with Gasteiger partial charge in [-0.2, -0.15) is 0 Å². The summed E-state index contributed by atoms with van der Waals surface area (Å²) in [6.45, 7) is 1.77. The summed E-state index contributed by atoms with van der Waals surface area (Å²) >= 11 is 1.28. The molecule has 0 fully saturated rings. The van der Waals surface area contributed by atoms with E-state index in [0.717, 1.165) is 5.69 Å². The van der Waals surface area contributed by atoms with Crippen molar-refractivity contribution in [3.8, 4) is 11.8 Å². The number of halogens is 1. The van der Waals surface area contributed by atoms with Crippen LogP contribution < -0.4 is 5.32 Å². The predicted octanol–water partition coefficient (Wildman–Crippen LogP) is 2.58. The molecule has 0 radical (unpaired) electrons. The number of hydrogen-bond acceptors (Lipinski definition) is 4. The Morgan fingerprint density at radius 1 is 1.52 bits per heavy atom. The number of hydrogen-bond donors (Lipinski definition) is 2. The molecule has 2 rings (SSSR count). The van der Waals surface area contributed by atoms with Crippen LogP contribution in [0.3, 0.4) is 0 Å². The Kier molecular flexibility index (Phi) is 5.04. The van der Waals surface area contributed by atoms with Crippen molar-refractivity contribution in [1.82, 2.24) is 4.98 Å². The van der Waals surface area contributed by atoms with Crippen molar-refractivity contribution in [1.29, 1.82) is 0 Å². The number of aliphatic hydroxyl groups is 1. The van der Waals surface area contributed by atoms with Gasteiger partial charge < -0.3 is 5.11 Å². The zero-order valence-electron chi connectivity index (χ0n) is 11.3. The van der Waals surface area contributed by atoms with E-state index in [1.54, 1.807) is 11.4 Å². The number of nitrogens with zero attached hydrogens (tertiary/aromatic N) is 1. The van der Waals surface area contributed by atoms with E-state index in [1.165, 1.54) is 23.5 Å². The average Bonchev–Trinajstić information content (AvgIpc) is 2.84. The highest BCUT2D eigenvalue weighted by Gasteiger charge is 2.13. The first-order chi connectivity index (χ1) is 10.1. The second kappa shape index (κ2) is 6.97. The quantitative estimate of drug-likeness (QED) is 0.857. The number of rotatable bonds is 3. The lowest BCUT2D eigenvalue weighted by molar-refractivity contribution is 0.102. The van der Waals surface area contributed by atoms with Crippen LogP contribution in [-0.4, -0.2) is 22.6 Å². The van der Waals surface area contributed by atoms with Gasteiger partial charge in [-0.3, -0.25) is 10.1 Å². The van der Waals surface area contributed by atoms with E-state index in [2.05, 4.69) is 22.1 Å². The summed E-state index contributed by atoms with van der Waals surface area (Å²) < 4.78 is 13.9. The molecule has 1 amide bonds. The molecule has 0 unspecified atom stereocenters. The molecule has 0 aliphatic heterocycles. The van der Waals surface area contributed by atoms with E-state index in [0.29, 0.717) is 17.1 Å². The zero-order chi connectivity index (χ0) is 15.2. The molecule has 0 aliphatic carbocycles. The minimum Gasteiger partial charge on any atom is -0.395 e. The van der Waals surface area contributed by atoms with Crippen LogP contribution in [0.1, 0.15) is 28.0 Å². The summed E-state index contributed by atoms with van der Waals surface area (Å²) in [5, 5.41) is 13.4. The van der Waals surface area contributed by atoms with Crippen LogP contribution in [0.2, 0.25) is 0 Å². The van der Waals surface area contributed by atoms with E-state index < -0.39 is 11.7 Å². The highest BCUT2D eigenvalue weighted by atomic mass is 32.1. The number of amides is 1. The first kappa shape index (κ1) is 15.2. The maximum absolute atomic E-state index is 13.9. The van der Waals surface area contributed by atoms with Crippen molar-refractivity contribution in [3.05, 3.63) is 46.2 Å². The summed E-state index contributed by atoms with van der Waals surface area (Å²) in [4.78, 5) is 16.1. The number of carbonyl (C=O) groups is 1. The van der Waals surface area contributed by atoms with E-state index in [9.17, 15) is 9.18 Å². The molecule has 21 heavy (non-hydrogen) atoms. The summed E-state index contributed by atoms with van der Waals surface area (Å²) in [5.41, 5.74) is 1.20. The molecular weight excluding hydrogens is 291 g/mol. The fraction of sp³-hybridized carbons (Fsp3) is 0.200. The molecule has 0 saturated heterocycles. The molecule has 2 N–H and O–H groups in total. The molecular formula is C15H13FN2O2S. The monoisotopic (exact) mass is 304 g/mol. The highest BCUT2D eigenvalue weighted by Crippen LogP contribution is 2.17. The number of benzene rings is 1. The van der Waals surface area contributed by atoms with Crippen LogP contribution in [0.4, 0.5) is 9.52 Å². The van der Waals surface area contributed by atoms with E-state index in [1.807, 2.05) is 6.92 Å². The van der Waals surface area contributed by atoms with Gasteiger partial charge in [0.05, 0.1) is 17.9 Å². The Hall–Kier alpha value is -2.23. The van der Waals surface area contributed by atoms with Crippen LogP contribution in [-0.2, 0) is 0 Å². The predicted molar refractivity (Wildman–Crippen MR) is 79.8 cm³/mol. The summed E-state index contributed by atoms with van der Waals surface area (Å²) in [5.74, 6) is 4.22. The minimum absolute atomic E-state index is 0.0385. The molecule has 4 nitrogen and oxygen atoms in total. The number of carbonyl (C=O) groups excluding carboxylic acids is 1. The fourth-order valence-corrected chi connectivity index (χ4v) is 2.26. The van der Waals surface area contributed by atoms with Gasteiger partial charge in [-0.05, 0) is 25.1 Å². The van der Waals surface area contributed by atoms with Crippen molar-refractivity contribution < 1.29 is 14.3 Å². The van der Waals surface area contributed by atoms with Crippen molar-refractivity contribution >= 4 is 22.4 Å². The number of aliphatic hydroxyl groups excluding tert-OH is 1. The third-order valence-corrected chi connectivity index (χ3v) is 3.40. The summed E-state index contributed by atoms with van der Waals surface area (Å²) in [7, 11) is 0. The van der Waals surface area contributed by atoms with Crippen molar-refractivity contribution in [3.63, 3.8) is 0 Å². The minimum atomic E-state index is -0.642. The highest BCUT2D eigenvalue weighted by molar-refractivity contribution is 7.13. The van der Waals surface area contributed by atoms with Gasteiger partial charge in [0, 0.05) is 17.4 Å². The molecule has 0 aliphatic rings. The van der Waals surface area contributed by atoms with Crippen LogP contribution in [0.25, 0.3) is 0 Å². The topological polar surface area (TPSA) is 62.2 Å². The van der Waals surface area contributed by atoms with Gasteiger partial charge in [0.1, 0.15) is 5.82 Å². The molecule has 0 bridgehead atoms. The molecule has 1 aromatic heterocycles. The number of thiazole rings is 1. The van der Waals surface area contributed by atoms with Crippen LogP contribution in [0.5, 0.6) is 0 Å². The largest absolute Gasteiger partial charge is 0.395 e. The Morgan fingerprint density at radius 3 is 2.95 bits per heavy atom. The molecule has 1 aromatic carbocycles. The molecule has 1 heterocycles. The maximum atomic E-state index is 13.9. The molecule has 6 heteroatoms. The Bertz CT molecular complexity index is 716.